The van der Waals surface area contributed by atoms with Crippen molar-refractivity contribution in [3.63, 3.8) is 0 Å². The summed E-state index contributed by atoms with van der Waals surface area (Å²) in [6, 6.07) is 13.1. The molecule has 3 aromatic rings. The predicted molar refractivity (Wildman–Crippen MR) is 127 cm³/mol. The van der Waals surface area contributed by atoms with Gasteiger partial charge in [-0.05, 0) is 106 Å². The highest BCUT2D eigenvalue weighted by Crippen LogP contribution is 2.43. The van der Waals surface area contributed by atoms with Crippen molar-refractivity contribution in [1.82, 2.24) is 0 Å². The molecule has 0 bridgehead atoms. The maximum Gasteiger partial charge on any atom is 0.159 e. The molecule has 0 unspecified atom stereocenters. The zero-order valence-corrected chi connectivity index (χ0v) is 19.8. The van der Waals surface area contributed by atoms with E-state index in [0.29, 0.717) is 11.1 Å². The Morgan fingerprint density at radius 3 is 1.16 bits per heavy atom. The predicted octanol–water partition coefficient (Wildman–Crippen LogP) is 6.09. The summed E-state index contributed by atoms with van der Waals surface area (Å²) in [6.45, 7) is 12.4. The van der Waals surface area contributed by atoms with Crippen molar-refractivity contribution >= 4 is 11.6 Å². The molecule has 166 valence electrons. The van der Waals surface area contributed by atoms with E-state index >= 15 is 0 Å². The molecule has 0 heterocycles. The highest BCUT2D eigenvalue weighted by Gasteiger charge is 2.34. The van der Waals surface area contributed by atoms with Gasteiger partial charge in [-0.2, -0.15) is 0 Å². The first kappa shape index (κ1) is 23.3. The topological polar surface area (TPSA) is 74.6 Å². The Morgan fingerprint density at radius 1 is 0.594 bits per heavy atom. The van der Waals surface area contributed by atoms with Gasteiger partial charge in [0.1, 0.15) is 11.5 Å². The van der Waals surface area contributed by atoms with E-state index in [1.807, 2.05) is 71.0 Å². The summed E-state index contributed by atoms with van der Waals surface area (Å²) in [5, 5.41) is 20.7. The van der Waals surface area contributed by atoms with Crippen LogP contribution in [-0.2, 0) is 5.41 Å². The number of phenolic OH excluding ortho intramolecular Hbond substituents is 2. The van der Waals surface area contributed by atoms with E-state index in [2.05, 4.69) is 0 Å². The number of hydrogen-bond donors (Lipinski definition) is 2. The van der Waals surface area contributed by atoms with Crippen LogP contribution in [0, 0.1) is 27.7 Å². The number of carbonyl (C=O) groups excluding carboxylic acids is 2. The number of aryl methyl sites for hydroxylation is 4. The van der Waals surface area contributed by atoms with Gasteiger partial charge in [0.15, 0.2) is 11.6 Å². The largest absolute Gasteiger partial charge is 0.507 e. The second-order valence-electron chi connectivity index (χ2n) is 8.95. The van der Waals surface area contributed by atoms with Gasteiger partial charge in [0.05, 0.1) is 0 Å². The van der Waals surface area contributed by atoms with Crippen LogP contribution in [0.3, 0.4) is 0 Å². The third kappa shape index (κ3) is 3.93. The van der Waals surface area contributed by atoms with Crippen molar-refractivity contribution in [2.45, 2.75) is 53.9 Å². The number of hydrogen-bond acceptors (Lipinski definition) is 4. The van der Waals surface area contributed by atoms with E-state index in [4.69, 9.17) is 0 Å². The average molecular weight is 431 g/mol. The number of phenols is 2. The third-order valence-corrected chi connectivity index (χ3v) is 6.46. The van der Waals surface area contributed by atoms with Gasteiger partial charge in [0, 0.05) is 16.5 Å². The van der Waals surface area contributed by atoms with Gasteiger partial charge < -0.3 is 10.2 Å². The van der Waals surface area contributed by atoms with Crippen LogP contribution in [0.15, 0.2) is 42.5 Å². The first-order valence-corrected chi connectivity index (χ1v) is 10.6. The lowest BCUT2D eigenvalue weighted by molar-refractivity contribution is 0.101. The molecule has 4 heteroatoms. The number of rotatable bonds is 5. The highest BCUT2D eigenvalue weighted by atomic mass is 16.3. The summed E-state index contributed by atoms with van der Waals surface area (Å²) in [4.78, 5) is 24.6. The summed E-state index contributed by atoms with van der Waals surface area (Å²) in [5.74, 6) is 0.257. The molecule has 0 spiro atoms. The summed E-state index contributed by atoms with van der Waals surface area (Å²) in [5.41, 5.74) is 5.81. The lowest BCUT2D eigenvalue weighted by Crippen LogP contribution is -2.27. The molecule has 0 aliphatic rings. The van der Waals surface area contributed by atoms with Crippen molar-refractivity contribution < 1.29 is 19.8 Å². The summed E-state index contributed by atoms with van der Waals surface area (Å²) in [6.07, 6.45) is 0. The number of benzene rings is 3. The lowest BCUT2D eigenvalue weighted by Gasteiger charge is -2.34. The molecule has 0 saturated heterocycles. The van der Waals surface area contributed by atoms with E-state index in [1.165, 1.54) is 13.8 Å². The summed E-state index contributed by atoms with van der Waals surface area (Å²) >= 11 is 0. The molecule has 0 radical (unpaired) electrons. The van der Waals surface area contributed by atoms with E-state index in [1.54, 1.807) is 6.07 Å². The second-order valence-corrected chi connectivity index (χ2v) is 8.95. The smallest absolute Gasteiger partial charge is 0.159 e. The van der Waals surface area contributed by atoms with Crippen LogP contribution in [0.25, 0.3) is 0 Å². The zero-order valence-electron chi connectivity index (χ0n) is 19.8. The van der Waals surface area contributed by atoms with Crippen molar-refractivity contribution in [3.05, 3.63) is 92.5 Å². The molecule has 32 heavy (non-hydrogen) atoms. The standard InChI is InChI=1S/C28H30O4/c1-15-8-23(9-16(2)26(15)31)28(7,24-10-17(3)27(32)18(4)11-24)25-13-21(19(5)29)12-22(14-25)20(6)30/h8-14,31-32H,1-7H3. The minimum absolute atomic E-state index is 0.118. The fraction of sp³-hybridized carbons (Fsp3) is 0.286. The molecular weight excluding hydrogens is 400 g/mol. The minimum Gasteiger partial charge on any atom is -0.507 e. The van der Waals surface area contributed by atoms with Crippen molar-refractivity contribution in [1.29, 1.82) is 0 Å². The molecule has 4 nitrogen and oxygen atoms in total. The molecule has 0 atom stereocenters. The van der Waals surface area contributed by atoms with Crippen LogP contribution < -0.4 is 0 Å². The van der Waals surface area contributed by atoms with Crippen LogP contribution in [-0.4, -0.2) is 21.8 Å². The molecule has 3 aromatic carbocycles. The quantitative estimate of drug-likeness (QED) is 0.379. The molecule has 0 amide bonds. The molecule has 3 rings (SSSR count). The Hall–Kier alpha value is -3.40. The van der Waals surface area contributed by atoms with Gasteiger partial charge in [0.2, 0.25) is 0 Å². The Bertz CT molecular complexity index is 1110. The zero-order chi connectivity index (χ0) is 24.0. The van der Waals surface area contributed by atoms with Gasteiger partial charge >= 0.3 is 0 Å². The van der Waals surface area contributed by atoms with Gasteiger partial charge in [-0.1, -0.05) is 24.3 Å². The number of Topliss-reactive ketones (excluding diaryl/α,β-unsaturated/α-hetero) is 2. The van der Waals surface area contributed by atoms with Crippen LogP contribution >= 0.6 is 0 Å². The number of ketones is 2. The van der Waals surface area contributed by atoms with Gasteiger partial charge in [-0.25, -0.2) is 0 Å². The maximum atomic E-state index is 12.3. The average Bonchev–Trinajstić information content (AvgIpc) is 2.73. The molecular formula is C28H30O4. The third-order valence-electron chi connectivity index (χ3n) is 6.46. The molecule has 0 fully saturated rings. The van der Waals surface area contributed by atoms with Crippen LogP contribution in [0.1, 0.15) is 80.4 Å². The Balaban J connectivity index is 2.47. The van der Waals surface area contributed by atoms with Crippen molar-refractivity contribution in [3.8, 4) is 11.5 Å². The van der Waals surface area contributed by atoms with E-state index in [9.17, 15) is 19.8 Å². The van der Waals surface area contributed by atoms with E-state index in [-0.39, 0.29) is 23.1 Å². The number of aromatic hydroxyl groups is 2. The van der Waals surface area contributed by atoms with Crippen molar-refractivity contribution in [2.75, 3.05) is 0 Å². The van der Waals surface area contributed by atoms with Crippen LogP contribution in [0.4, 0.5) is 0 Å². The first-order chi connectivity index (χ1) is 14.9. The SMILES string of the molecule is CC(=O)c1cc(C(C)=O)cc(C(C)(c2cc(C)c(O)c(C)c2)c2cc(C)c(O)c(C)c2)c1. The summed E-state index contributed by atoms with van der Waals surface area (Å²) < 4.78 is 0. The van der Waals surface area contributed by atoms with E-state index in [0.717, 1.165) is 38.9 Å². The van der Waals surface area contributed by atoms with Gasteiger partial charge in [0.25, 0.3) is 0 Å². The van der Waals surface area contributed by atoms with Crippen LogP contribution in [0.2, 0.25) is 0 Å². The number of carbonyl (C=O) groups is 2. The monoisotopic (exact) mass is 430 g/mol. The molecule has 0 aliphatic heterocycles. The molecule has 0 aromatic heterocycles. The Kier molecular flexibility index (Phi) is 6.01. The summed E-state index contributed by atoms with van der Waals surface area (Å²) in [7, 11) is 0. The lowest BCUT2D eigenvalue weighted by atomic mass is 9.69. The molecule has 0 saturated carbocycles. The normalized spacial score (nSPS) is 11.5. The Labute approximate surface area is 189 Å². The molecule has 0 aliphatic carbocycles. The fourth-order valence-corrected chi connectivity index (χ4v) is 4.31. The molecule has 2 N–H and O–H groups in total. The highest BCUT2D eigenvalue weighted by molar-refractivity contribution is 6.00. The van der Waals surface area contributed by atoms with Gasteiger partial charge in [-0.15, -0.1) is 0 Å². The van der Waals surface area contributed by atoms with E-state index < -0.39 is 5.41 Å². The maximum absolute atomic E-state index is 12.3. The second kappa shape index (κ2) is 8.27. The van der Waals surface area contributed by atoms with Gasteiger partial charge in [-0.3, -0.25) is 9.59 Å². The van der Waals surface area contributed by atoms with Crippen LogP contribution in [0.5, 0.6) is 11.5 Å². The van der Waals surface area contributed by atoms with Crippen molar-refractivity contribution in [2.24, 2.45) is 0 Å². The minimum atomic E-state index is -0.748. The fourth-order valence-electron chi connectivity index (χ4n) is 4.31. The first-order valence-electron chi connectivity index (χ1n) is 10.6. The Morgan fingerprint density at radius 2 is 0.875 bits per heavy atom.